The van der Waals surface area contributed by atoms with Crippen LogP contribution in [0.3, 0.4) is 0 Å². The summed E-state index contributed by atoms with van der Waals surface area (Å²) < 4.78 is 10.9. The molecule has 1 aliphatic rings. The minimum absolute atomic E-state index is 0.518. The highest BCUT2D eigenvalue weighted by molar-refractivity contribution is 7.71. The lowest BCUT2D eigenvalue weighted by Gasteiger charge is -2.30. The van der Waals surface area contributed by atoms with Gasteiger partial charge in [-0.3, -0.25) is 4.90 Å². The summed E-state index contributed by atoms with van der Waals surface area (Å²) in [6, 6.07) is 5.95. The molecule has 0 atom stereocenters. The molecule has 27 heavy (non-hydrogen) atoms. The van der Waals surface area contributed by atoms with Gasteiger partial charge in [-0.1, -0.05) is 11.6 Å². The first-order chi connectivity index (χ1) is 13.1. The Balaban J connectivity index is 1.37. The number of nitrogens with zero attached hydrogens (tertiary/aromatic N) is 5. The number of methoxy groups -OCH3 is 1. The van der Waals surface area contributed by atoms with Crippen molar-refractivity contribution in [3.8, 4) is 0 Å². The third-order valence-corrected chi connectivity index (χ3v) is 6.85. The molecule has 1 saturated heterocycles. The molecule has 9 heteroatoms. The van der Waals surface area contributed by atoms with E-state index in [9.17, 15) is 0 Å². The second kappa shape index (κ2) is 8.36. The molecule has 1 fully saturated rings. The molecule has 3 aromatic rings. The maximum atomic E-state index is 6.08. The summed E-state index contributed by atoms with van der Waals surface area (Å²) in [7, 11) is 1.69. The van der Waals surface area contributed by atoms with Crippen LogP contribution in [0.1, 0.15) is 23.8 Å². The van der Waals surface area contributed by atoms with E-state index in [0.717, 1.165) is 54.5 Å². The average molecular weight is 424 g/mol. The second-order valence-electron chi connectivity index (χ2n) is 6.80. The van der Waals surface area contributed by atoms with Gasteiger partial charge in [0.25, 0.3) is 0 Å². The molecule has 0 N–H and O–H groups in total. The Morgan fingerprint density at radius 3 is 2.93 bits per heavy atom. The van der Waals surface area contributed by atoms with Gasteiger partial charge < -0.3 is 9.30 Å². The number of ether oxygens (including phenoxy) is 1. The fraction of sp³-hybridized carbons (Fsp3) is 0.500. The zero-order valence-electron chi connectivity index (χ0n) is 15.2. The van der Waals surface area contributed by atoms with E-state index in [1.54, 1.807) is 24.8 Å². The van der Waals surface area contributed by atoms with Crippen molar-refractivity contribution in [2.24, 2.45) is 0 Å². The number of piperidine rings is 1. The van der Waals surface area contributed by atoms with Crippen molar-refractivity contribution in [2.75, 3.05) is 26.8 Å². The van der Waals surface area contributed by atoms with Crippen molar-refractivity contribution < 1.29 is 4.74 Å². The van der Waals surface area contributed by atoms with Gasteiger partial charge >= 0.3 is 0 Å². The number of fused-ring (bicyclic) bond motifs is 1. The largest absolute Gasteiger partial charge is 0.383 e. The number of likely N-dealkylation sites (tertiary alicyclic amines) is 1. The fourth-order valence-electron chi connectivity index (χ4n) is 3.42. The molecule has 144 valence electrons. The molecule has 0 radical (unpaired) electrons. The number of halogens is 1. The Morgan fingerprint density at radius 2 is 2.15 bits per heavy atom. The zero-order chi connectivity index (χ0) is 18.8. The van der Waals surface area contributed by atoms with Gasteiger partial charge in [0.1, 0.15) is 6.33 Å². The lowest BCUT2D eigenvalue weighted by Crippen LogP contribution is -2.34. The molecular weight excluding hydrogens is 402 g/mol. The third kappa shape index (κ3) is 4.25. The van der Waals surface area contributed by atoms with Gasteiger partial charge in [0.2, 0.25) is 0 Å². The Kier molecular flexibility index (Phi) is 5.89. The lowest BCUT2D eigenvalue weighted by molar-refractivity contribution is 0.159. The van der Waals surface area contributed by atoms with Crippen molar-refractivity contribution in [3.05, 3.63) is 39.3 Å². The van der Waals surface area contributed by atoms with Gasteiger partial charge in [0.15, 0.2) is 4.77 Å². The molecule has 3 heterocycles. The first kappa shape index (κ1) is 19.0. The Labute approximate surface area is 172 Å². The zero-order valence-corrected chi connectivity index (χ0v) is 17.6. The van der Waals surface area contributed by atoms with Crippen LogP contribution in [-0.2, 0) is 18.0 Å². The first-order valence-corrected chi connectivity index (χ1v) is 10.6. The molecule has 1 aromatic carbocycles. The van der Waals surface area contributed by atoms with Crippen molar-refractivity contribution >= 4 is 45.4 Å². The SMILES string of the molecule is COCCn1cnn(CN2CCC(c3nc4cc(Cl)ccc4s3)CC2)c1=S. The third-order valence-electron chi connectivity index (χ3n) is 4.97. The summed E-state index contributed by atoms with van der Waals surface area (Å²) >= 11 is 13.4. The Bertz CT molecular complexity index is 974. The van der Waals surface area contributed by atoms with Crippen molar-refractivity contribution in [2.45, 2.75) is 32.0 Å². The normalized spacial score (nSPS) is 16.4. The smallest absolute Gasteiger partial charge is 0.198 e. The summed E-state index contributed by atoms with van der Waals surface area (Å²) in [5, 5.41) is 6.41. The van der Waals surface area contributed by atoms with Crippen LogP contribution in [0.2, 0.25) is 5.02 Å². The van der Waals surface area contributed by atoms with Crippen molar-refractivity contribution in [1.82, 2.24) is 24.2 Å². The van der Waals surface area contributed by atoms with E-state index in [1.165, 1.54) is 9.71 Å². The molecule has 0 unspecified atom stereocenters. The first-order valence-electron chi connectivity index (χ1n) is 9.03. The highest BCUT2D eigenvalue weighted by Crippen LogP contribution is 2.34. The van der Waals surface area contributed by atoms with Gasteiger partial charge in [-0.2, -0.15) is 5.10 Å². The van der Waals surface area contributed by atoms with Crippen LogP contribution in [0.4, 0.5) is 0 Å². The minimum atomic E-state index is 0.518. The topological polar surface area (TPSA) is 48.1 Å². The molecule has 0 aliphatic carbocycles. The summed E-state index contributed by atoms with van der Waals surface area (Å²) in [5.74, 6) is 0.518. The fourth-order valence-corrected chi connectivity index (χ4v) is 4.94. The molecule has 1 aliphatic heterocycles. The molecule has 0 spiro atoms. The monoisotopic (exact) mass is 423 g/mol. The van der Waals surface area contributed by atoms with Gasteiger partial charge in [0.05, 0.1) is 28.5 Å². The molecule has 4 rings (SSSR count). The van der Waals surface area contributed by atoms with E-state index in [-0.39, 0.29) is 0 Å². The summed E-state index contributed by atoms with van der Waals surface area (Å²) in [6.45, 7) is 4.15. The van der Waals surface area contributed by atoms with Crippen LogP contribution in [0, 0.1) is 4.77 Å². The minimum Gasteiger partial charge on any atom is -0.383 e. The summed E-state index contributed by atoms with van der Waals surface area (Å²) in [4.78, 5) is 7.23. The van der Waals surface area contributed by atoms with Crippen LogP contribution >= 0.6 is 35.2 Å². The highest BCUT2D eigenvalue weighted by atomic mass is 35.5. The van der Waals surface area contributed by atoms with Crippen LogP contribution < -0.4 is 0 Å². The summed E-state index contributed by atoms with van der Waals surface area (Å²) in [6.07, 6.45) is 4.00. The number of rotatable bonds is 6. The maximum absolute atomic E-state index is 6.08. The molecular formula is C18H22ClN5OS2. The predicted octanol–water partition coefficient (Wildman–Crippen LogP) is 4.16. The van der Waals surface area contributed by atoms with Crippen LogP contribution in [0.25, 0.3) is 10.2 Å². The Hall–Kier alpha value is -1.32. The number of hydrogen-bond donors (Lipinski definition) is 0. The molecule has 0 saturated carbocycles. The van der Waals surface area contributed by atoms with Gasteiger partial charge in [0, 0.05) is 37.7 Å². The van der Waals surface area contributed by atoms with E-state index in [2.05, 4.69) is 16.1 Å². The van der Waals surface area contributed by atoms with Crippen LogP contribution in [-0.4, -0.2) is 51.0 Å². The van der Waals surface area contributed by atoms with E-state index < -0.39 is 0 Å². The van der Waals surface area contributed by atoms with Crippen LogP contribution in [0.15, 0.2) is 24.5 Å². The van der Waals surface area contributed by atoms with E-state index >= 15 is 0 Å². The van der Waals surface area contributed by atoms with Crippen molar-refractivity contribution in [3.63, 3.8) is 0 Å². The predicted molar refractivity (Wildman–Crippen MR) is 111 cm³/mol. The van der Waals surface area contributed by atoms with Crippen LogP contribution in [0.5, 0.6) is 0 Å². The number of benzene rings is 1. The van der Waals surface area contributed by atoms with Gasteiger partial charge in [-0.15, -0.1) is 11.3 Å². The molecule has 0 amide bonds. The average Bonchev–Trinajstić information content (AvgIpc) is 3.24. The molecule has 6 nitrogen and oxygen atoms in total. The number of thiazole rings is 1. The summed E-state index contributed by atoms with van der Waals surface area (Å²) in [5.41, 5.74) is 1.01. The number of aromatic nitrogens is 4. The number of hydrogen-bond acceptors (Lipinski definition) is 6. The van der Waals surface area contributed by atoms with Gasteiger partial charge in [-0.05, 0) is 43.3 Å². The molecule has 0 bridgehead atoms. The lowest BCUT2D eigenvalue weighted by atomic mass is 9.98. The molecule has 2 aromatic heterocycles. The second-order valence-corrected chi connectivity index (χ2v) is 8.66. The standard InChI is InChI=1S/C18H22ClN5OS2/c1-25-9-8-23-11-20-24(18(23)26)12-22-6-4-13(5-7-22)17-21-15-10-14(19)2-3-16(15)27-17/h2-3,10-11,13H,4-9,12H2,1H3. The van der Waals surface area contributed by atoms with E-state index in [0.29, 0.717) is 12.5 Å². The van der Waals surface area contributed by atoms with Crippen molar-refractivity contribution in [1.29, 1.82) is 0 Å². The highest BCUT2D eigenvalue weighted by Gasteiger charge is 2.24. The quantitative estimate of drug-likeness (QED) is 0.557. The van der Waals surface area contributed by atoms with E-state index in [4.69, 9.17) is 33.5 Å². The van der Waals surface area contributed by atoms with E-state index in [1.807, 2.05) is 21.4 Å². The Morgan fingerprint density at radius 1 is 1.33 bits per heavy atom. The maximum Gasteiger partial charge on any atom is 0.198 e. The van der Waals surface area contributed by atoms with Gasteiger partial charge in [-0.25, -0.2) is 9.67 Å².